The topological polar surface area (TPSA) is 71.5 Å². The van der Waals surface area contributed by atoms with E-state index in [1.54, 1.807) is 16.8 Å². The van der Waals surface area contributed by atoms with E-state index in [0.29, 0.717) is 32.5 Å². The van der Waals surface area contributed by atoms with Crippen LogP contribution in [0.3, 0.4) is 0 Å². The smallest absolute Gasteiger partial charge is 0.251 e. The lowest BCUT2D eigenvalue weighted by Crippen LogP contribution is -2.45. The zero-order valence-electron chi connectivity index (χ0n) is 15.1. The highest BCUT2D eigenvalue weighted by molar-refractivity contribution is 7.07. The molecule has 2 aliphatic heterocycles. The highest BCUT2D eigenvalue weighted by atomic mass is 32.1. The normalized spacial score (nSPS) is 20.6. The van der Waals surface area contributed by atoms with E-state index in [2.05, 4.69) is 10.3 Å². The number of amides is 2. The summed E-state index contributed by atoms with van der Waals surface area (Å²) in [6.45, 7) is 1.92. The molecular formula is C20H23N3O3S. The molecule has 1 aromatic carbocycles. The molecule has 27 heavy (non-hydrogen) atoms. The van der Waals surface area contributed by atoms with Crippen molar-refractivity contribution < 1.29 is 14.3 Å². The molecule has 0 radical (unpaired) electrons. The molecule has 1 aromatic heterocycles. The van der Waals surface area contributed by atoms with E-state index >= 15 is 0 Å². The van der Waals surface area contributed by atoms with Crippen LogP contribution in [0.15, 0.2) is 35.2 Å². The molecule has 0 bridgehead atoms. The van der Waals surface area contributed by atoms with Crippen molar-refractivity contribution in [3.8, 4) is 11.3 Å². The quantitative estimate of drug-likeness (QED) is 0.878. The Balaban J connectivity index is 1.32. The van der Waals surface area contributed by atoms with Gasteiger partial charge in [0.05, 0.1) is 11.2 Å². The predicted molar refractivity (Wildman–Crippen MR) is 104 cm³/mol. The fourth-order valence-electron chi connectivity index (χ4n) is 3.69. The number of rotatable bonds is 4. The maximum Gasteiger partial charge on any atom is 0.251 e. The summed E-state index contributed by atoms with van der Waals surface area (Å²) >= 11 is 1.55. The number of aromatic nitrogens is 1. The lowest BCUT2D eigenvalue weighted by Gasteiger charge is -2.32. The lowest BCUT2D eigenvalue weighted by atomic mass is 9.95. The average Bonchev–Trinajstić information content (AvgIpc) is 3.42. The standard InChI is InChI=1S/C20H23N3O3S/c24-19(22-16-4-1-3-15(11-16)17-12-27-13-21-17)14-6-8-23(9-7-14)20(25)18-5-2-10-26-18/h1,3-4,11-14,18H,2,5-10H2,(H,22,24)/t18-/m0/s1. The molecule has 0 spiro atoms. The third-order valence-electron chi connectivity index (χ3n) is 5.24. The SMILES string of the molecule is O=C(Nc1cccc(-c2cscn2)c1)C1CCN(C(=O)[C@@H]2CCCO2)CC1. The maximum absolute atomic E-state index is 12.6. The second kappa shape index (κ2) is 8.19. The van der Waals surface area contributed by atoms with Crippen molar-refractivity contribution in [3.05, 3.63) is 35.2 Å². The minimum atomic E-state index is -0.274. The Labute approximate surface area is 162 Å². The van der Waals surface area contributed by atoms with Crippen molar-refractivity contribution in [2.45, 2.75) is 31.8 Å². The average molecular weight is 385 g/mol. The Hall–Kier alpha value is -2.25. The van der Waals surface area contributed by atoms with Gasteiger partial charge in [0.15, 0.2) is 0 Å². The molecule has 4 rings (SSSR count). The first kappa shape index (κ1) is 18.1. The van der Waals surface area contributed by atoms with Crippen molar-refractivity contribution in [2.24, 2.45) is 5.92 Å². The van der Waals surface area contributed by atoms with Crippen LogP contribution in [-0.4, -0.2) is 47.5 Å². The van der Waals surface area contributed by atoms with Gasteiger partial charge in [-0.05, 0) is 37.8 Å². The zero-order chi connectivity index (χ0) is 18.6. The molecule has 1 N–H and O–H groups in total. The predicted octanol–water partition coefficient (Wildman–Crippen LogP) is 3.17. The van der Waals surface area contributed by atoms with Crippen molar-refractivity contribution in [1.82, 2.24) is 9.88 Å². The molecule has 7 heteroatoms. The van der Waals surface area contributed by atoms with Gasteiger partial charge in [0, 0.05) is 42.2 Å². The fraction of sp³-hybridized carbons (Fsp3) is 0.450. The third-order valence-corrected chi connectivity index (χ3v) is 5.83. The summed E-state index contributed by atoms with van der Waals surface area (Å²) in [5.41, 5.74) is 4.48. The van der Waals surface area contributed by atoms with Crippen molar-refractivity contribution in [3.63, 3.8) is 0 Å². The Morgan fingerprint density at radius 1 is 1.22 bits per heavy atom. The number of nitrogens with one attached hydrogen (secondary N) is 1. The van der Waals surface area contributed by atoms with Gasteiger partial charge in [0.2, 0.25) is 5.91 Å². The summed E-state index contributed by atoms with van der Waals surface area (Å²) in [5.74, 6) is 0.0402. The largest absolute Gasteiger partial charge is 0.368 e. The zero-order valence-corrected chi connectivity index (χ0v) is 15.9. The van der Waals surface area contributed by atoms with Crippen LogP contribution in [0.2, 0.25) is 0 Å². The van der Waals surface area contributed by atoms with Gasteiger partial charge in [0.1, 0.15) is 6.10 Å². The first-order chi connectivity index (χ1) is 13.2. The lowest BCUT2D eigenvalue weighted by molar-refractivity contribution is -0.143. The Bertz CT molecular complexity index is 795. The van der Waals surface area contributed by atoms with Gasteiger partial charge in [-0.3, -0.25) is 9.59 Å². The van der Waals surface area contributed by atoms with Crippen LogP contribution < -0.4 is 5.32 Å². The van der Waals surface area contributed by atoms with Gasteiger partial charge in [-0.2, -0.15) is 0 Å². The number of carbonyl (C=O) groups is 2. The molecule has 2 aliphatic rings. The third kappa shape index (κ3) is 4.20. The van der Waals surface area contributed by atoms with Crippen LogP contribution in [-0.2, 0) is 14.3 Å². The summed E-state index contributed by atoms with van der Waals surface area (Å²) < 4.78 is 5.49. The number of ether oxygens (including phenoxy) is 1. The van der Waals surface area contributed by atoms with E-state index < -0.39 is 0 Å². The van der Waals surface area contributed by atoms with Crippen LogP contribution >= 0.6 is 11.3 Å². The van der Waals surface area contributed by atoms with Crippen LogP contribution in [0.4, 0.5) is 5.69 Å². The summed E-state index contributed by atoms with van der Waals surface area (Å²) in [6.07, 6.45) is 2.87. The maximum atomic E-state index is 12.6. The first-order valence-corrected chi connectivity index (χ1v) is 10.3. The molecule has 0 saturated carbocycles. The summed E-state index contributed by atoms with van der Waals surface area (Å²) in [6, 6.07) is 7.75. The molecule has 2 aromatic rings. The van der Waals surface area contributed by atoms with E-state index in [1.807, 2.05) is 34.5 Å². The van der Waals surface area contributed by atoms with Gasteiger partial charge in [-0.15, -0.1) is 11.3 Å². The molecule has 2 fully saturated rings. The van der Waals surface area contributed by atoms with Crippen LogP contribution in [0, 0.1) is 5.92 Å². The number of hydrogen-bond acceptors (Lipinski definition) is 5. The highest BCUT2D eigenvalue weighted by Gasteiger charge is 2.32. The Morgan fingerprint density at radius 2 is 2.07 bits per heavy atom. The van der Waals surface area contributed by atoms with Gasteiger partial charge in [0.25, 0.3) is 5.91 Å². The van der Waals surface area contributed by atoms with Crippen molar-refractivity contribution in [2.75, 3.05) is 25.0 Å². The van der Waals surface area contributed by atoms with E-state index in [4.69, 9.17) is 4.74 Å². The van der Waals surface area contributed by atoms with Crippen molar-refractivity contribution in [1.29, 1.82) is 0 Å². The number of carbonyl (C=O) groups excluding carboxylic acids is 2. The molecule has 142 valence electrons. The number of nitrogens with zero attached hydrogens (tertiary/aromatic N) is 2. The highest BCUT2D eigenvalue weighted by Crippen LogP contribution is 2.25. The second-order valence-corrected chi connectivity index (χ2v) is 7.76. The molecule has 6 nitrogen and oxygen atoms in total. The van der Waals surface area contributed by atoms with Gasteiger partial charge in [-0.1, -0.05) is 12.1 Å². The van der Waals surface area contributed by atoms with Crippen LogP contribution in [0.25, 0.3) is 11.3 Å². The summed E-state index contributed by atoms with van der Waals surface area (Å²) in [7, 11) is 0. The van der Waals surface area contributed by atoms with Crippen LogP contribution in [0.5, 0.6) is 0 Å². The van der Waals surface area contributed by atoms with Gasteiger partial charge < -0.3 is 15.0 Å². The fourth-order valence-corrected chi connectivity index (χ4v) is 4.25. The minimum absolute atomic E-state index is 0.0228. The number of piperidine rings is 1. The van der Waals surface area contributed by atoms with Crippen molar-refractivity contribution >= 4 is 28.8 Å². The summed E-state index contributed by atoms with van der Waals surface area (Å²) in [4.78, 5) is 31.2. The minimum Gasteiger partial charge on any atom is -0.368 e. The Morgan fingerprint density at radius 3 is 2.78 bits per heavy atom. The second-order valence-electron chi connectivity index (χ2n) is 7.04. The number of anilines is 1. The molecule has 0 unspecified atom stereocenters. The molecule has 1 atom stereocenters. The monoisotopic (exact) mass is 385 g/mol. The number of hydrogen-bond donors (Lipinski definition) is 1. The number of likely N-dealkylation sites (tertiary alicyclic amines) is 1. The van der Waals surface area contributed by atoms with E-state index in [0.717, 1.165) is 29.8 Å². The summed E-state index contributed by atoms with van der Waals surface area (Å²) in [5, 5.41) is 5.01. The number of benzene rings is 1. The van der Waals surface area contributed by atoms with Crippen LogP contribution in [0.1, 0.15) is 25.7 Å². The molecule has 2 saturated heterocycles. The molecule has 3 heterocycles. The van der Waals surface area contributed by atoms with Gasteiger partial charge >= 0.3 is 0 Å². The molecule has 0 aliphatic carbocycles. The first-order valence-electron chi connectivity index (χ1n) is 9.40. The molecule has 2 amide bonds. The van der Waals surface area contributed by atoms with Gasteiger partial charge in [-0.25, -0.2) is 4.98 Å². The molecular weight excluding hydrogens is 362 g/mol. The van der Waals surface area contributed by atoms with E-state index in [-0.39, 0.29) is 23.8 Å². The van der Waals surface area contributed by atoms with E-state index in [9.17, 15) is 9.59 Å². The Kier molecular flexibility index (Phi) is 5.50. The number of thiazole rings is 1. The van der Waals surface area contributed by atoms with E-state index in [1.165, 1.54) is 0 Å².